The molecule has 2 aromatic rings. The molecule has 0 radical (unpaired) electrons. The lowest BCUT2D eigenvalue weighted by atomic mass is 10.3. The van der Waals surface area contributed by atoms with E-state index in [1.807, 2.05) is 12.1 Å². The van der Waals surface area contributed by atoms with E-state index in [1.54, 1.807) is 33.7 Å². The van der Waals surface area contributed by atoms with Crippen molar-refractivity contribution in [2.45, 2.75) is 9.79 Å². The van der Waals surface area contributed by atoms with Crippen LogP contribution < -0.4 is 22.9 Å². The molecular weight excluding hydrogens is 424 g/mol. The predicted molar refractivity (Wildman–Crippen MR) is 97.6 cm³/mol. The molecule has 0 saturated carbocycles. The van der Waals surface area contributed by atoms with Crippen LogP contribution in [0, 0.1) is 0 Å². The summed E-state index contributed by atoms with van der Waals surface area (Å²) in [5.41, 5.74) is 25.4. The number of rotatable bonds is 3. The summed E-state index contributed by atoms with van der Waals surface area (Å²) < 4.78 is 1.81. The Morgan fingerprint density at radius 2 is 0.900 bits per heavy atom. The Balaban J connectivity index is 2.21. The van der Waals surface area contributed by atoms with Gasteiger partial charge in [-0.15, -0.1) is 0 Å². The molecule has 0 aliphatic rings. The number of hydrogen-bond acceptors (Lipinski definition) is 6. The molecule has 0 atom stereocenters. The highest BCUT2D eigenvalue weighted by Gasteiger charge is 2.09. The minimum Gasteiger partial charge on any atom is -0.397 e. The van der Waals surface area contributed by atoms with Gasteiger partial charge in [-0.3, -0.25) is 0 Å². The topological polar surface area (TPSA) is 104 Å². The van der Waals surface area contributed by atoms with E-state index in [0.29, 0.717) is 22.7 Å². The van der Waals surface area contributed by atoms with Crippen LogP contribution in [0.3, 0.4) is 0 Å². The van der Waals surface area contributed by atoms with Crippen molar-refractivity contribution in [3.8, 4) is 0 Å². The standard InChI is InChI=1S/C12H12Br2N4S2/c13-5-1-7(15)9(17)3-11(5)19-20-12-4-10(18)8(16)2-6(12)14/h1-4H,15-18H2. The maximum Gasteiger partial charge on any atom is 0.0560 e. The first kappa shape index (κ1) is 15.7. The number of benzene rings is 2. The highest BCUT2D eigenvalue weighted by molar-refractivity contribution is 9.11. The third-order valence-corrected chi connectivity index (χ3v) is 6.78. The predicted octanol–water partition coefficient (Wildman–Crippen LogP) is 4.34. The average Bonchev–Trinajstić information content (AvgIpc) is 2.37. The average molecular weight is 436 g/mol. The van der Waals surface area contributed by atoms with Crippen LogP contribution in [0.5, 0.6) is 0 Å². The Labute approximate surface area is 141 Å². The summed E-state index contributed by atoms with van der Waals surface area (Å²) in [6.45, 7) is 0. The summed E-state index contributed by atoms with van der Waals surface area (Å²) >= 11 is 6.95. The molecule has 0 aliphatic heterocycles. The molecule has 0 aliphatic carbocycles. The molecule has 4 nitrogen and oxygen atoms in total. The quantitative estimate of drug-likeness (QED) is 0.422. The van der Waals surface area contributed by atoms with Gasteiger partial charge in [0, 0.05) is 18.7 Å². The van der Waals surface area contributed by atoms with Gasteiger partial charge in [-0.2, -0.15) is 0 Å². The molecule has 0 bridgehead atoms. The van der Waals surface area contributed by atoms with Gasteiger partial charge in [-0.1, -0.05) is 21.6 Å². The minimum absolute atomic E-state index is 0.559. The van der Waals surface area contributed by atoms with Gasteiger partial charge in [-0.05, 0) is 56.1 Å². The second-order valence-electron chi connectivity index (χ2n) is 3.99. The number of nitrogen functional groups attached to an aromatic ring is 4. The highest BCUT2D eigenvalue weighted by atomic mass is 79.9. The van der Waals surface area contributed by atoms with Crippen LogP contribution in [-0.4, -0.2) is 0 Å². The second kappa shape index (κ2) is 6.38. The Hall–Kier alpha value is -0.700. The number of hydrogen-bond donors (Lipinski definition) is 4. The molecule has 0 aromatic heterocycles. The van der Waals surface area contributed by atoms with E-state index in [2.05, 4.69) is 31.9 Å². The SMILES string of the molecule is Nc1cc(Br)c(SSc2cc(N)c(N)cc2Br)cc1N. The lowest BCUT2D eigenvalue weighted by molar-refractivity contribution is 1.41. The van der Waals surface area contributed by atoms with Crippen molar-refractivity contribution in [1.29, 1.82) is 0 Å². The van der Waals surface area contributed by atoms with E-state index >= 15 is 0 Å². The van der Waals surface area contributed by atoms with E-state index in [0.717, 1.165) is 18.7 Å². The van der Waals surface area contributed by atoms with Crippen molar-refractivity contribution >= 4 is 76.2 Å². The van der Waals surface area contributed by atoms with E-state index < -0.39 is 0 Å². The van der Waals surface area contributed by atoms with E-state index in [-0.39, 0.29) is 0 Å². The number of nitrogens with two attached hydrogens (primary N) is 4. The van der Waals surface area contributed by atoms with Crippen LogP contribution >= 0.6 is 53.4 Å². The van der Waals surface area contributed by atoms with Gasteiger partial charge >= 0.3 is 0 Å². The lowest BCUT2D eigenvalue weighted by Gasteiger charge is -2.10. The Kier molecular flexibility index (Phi) is 5.00. The molecule has 8 N–H and O–H groups in total. The molecule has 0 saturated heterocycles. The van der Waals surface area contributed by atoms with E-state index in [9.17, 15) is 0 Å². The van der Waals surface area contributed by atoms with Crippen LogP contribution in [-0.2, 0) is 0 Å². The summed E-state index contributed by atoms with van der Waals surface area (Å²) in [5, 5.41) is 0. The molecule has 20 heavy (non-hydrogen) atoms. The maximum atomic E-state index is 5.82. The van der Waals surface area contributed by atoms with Crippen molar-refractivity contribution in [3.05, 3.63) is 33.2 Å². The van der Waals surface area contributed by atoms with Gasteiger partial charge in [0.2, 0.25) is 0 Å². The third-order valence-electron chi connectivity index (χ3n) is 2.50. The maximum absolute atomic E-state index is 5.82. The Morgan fingerprint density at radius 1 is 0.600 bits per heavy atom. The van der Waals surface area contributed by atoms with Crippen molar-refractivity contribution in [2.24, 2.45) is 0 Å². The third kappa shape index (κ3) is 3.49. The highest BCUT2D eigenvalue weighted by Crippen LogP contribution is 2.45. The van der Waals surface area contributed by atoms with E-state index in [1.165, 1.54) is 0 Å². The summed E-state index contributed by atoms with van der Waals surface area (Å²) in [6, 6.07) is 7.27. The van der Waals surface area contributed by atoms with Crippen LogP contribution in [0.2, 0.25) is 0 Å². The fourth-order valence-electron chi connectivity index (χ4n) is 1.39. The van der Waals surface area contributed by atoms with Gasteiger partial charge < -0.3 is 22.9 Å². The summed E-state index contributed by atoms with van der Waals surface area (Å²) in [4.78, 5) is 1.98. The number of anilines is 4. The zero-order chi connectivity index (χ0) is 14.9. The Bertz CT molecular complexity index is 607. The van der Waals surface area contributed by atoms with Gasteiger partial charge in [0.1, 0.15) is 0 Å². The summed E-state index contributed by atoms with van der Waals surface area (Å²) in [6.07, 6.45) is 0. The first-order valence-electron chi connectivity index (χ1n) is 5.42. The largest absolute Gasteiger partial charge is 0.397 e. The van der Waals surface area contributed by atoms with Gasteiger partial charge in [0.05, 0.1) is 22.7 Å². The van der Waals surface area contributed by atoms with Crippen molar-refractivity contribution in [1.82, 2.24) is 0 Å². The fourth-order valence-corrected chi connectivity index (χ4v) is 5.41. The summed E-state index contributed by atoms with van der Waals surface area (Å²) in [7, 11) is 3.12. The molecule has 0 spiro atoms. The molecule has 0 unspecified atom stereocenters. The normalized spacial score (nSPS) is 10.7. The monoisotopic (exact) mass is 434 g/mol. The molecule has 2 rings (SSSR count). The second-order valence-corrected chi connectivity index (χ2v) is 7.91. The van der Waals surface area contributed by atoms with Crippen molar-refractivity contribution < 1.29 is 0 Å². The first-order valence-corrected chi connectivity index (χ1v) is 9.15. The van der Waals surface area contributed by atoms with Crippen molar-refractivity contribution in [3.63, 3.8) is 0 Å². The zero-order valence-corrected chi connectivity index (χ0v) is 15.0. The fraction of sp³-hybridized carbons (Fsp3) is 0. The molecular formula is C12H12Br2N4S2. The molecule has 8 heteroatoms. The molecule has 0 heterocycles. The van der Waals surface area contributed by atoms with Gasteiger partial charge in [0.25, 0.3) is 0 Å². The van der Waals surface area contributed by atoms with E-state index in [4.69, 9.17) is 22.9 Å². The van der Waals surface area contributed by atoms with Gasteiger partial charge in [0.15, 0.2) is 0 Å². The molecule has 0 fully saturated rings. The molecule has 2 aromatic carbocycles. The summed E-state index contributed by atoms with van der Waals surface area (Å²) in [5.74, 6) is 0. The lowest BCUT2D eigenvalue weighted by Crippen LogP contribution is -1.95. The zero-order valence-electron chi connectivity index (χ0n) is 10.2. The van der Waals surface area contributed by atoms with Crippen LogP contribution in [0.1, 0.15) is 0 Å². The Morgan fingerprint density at radius 3 is 1.25 bits per heavy atom. The first-order chi connectivity index (χ1) is 9.38. The minimum atomic E-state index is 0.559. The molecule has 0 amide bonds. The van der Waals surface area contributed by atoms with Crippen LogP contribution in [0.15, 0.2) is 43.0 Å². The van der Waals surface area contributed by atoms with Crippen molar-refractivity contribution in [2.75, 3.05) is 22.9 Å². The molecule has 106 valence electrons. The van der Waals surface area contributed by atoms with Crippen LogP contribution in [0.25, 0.3) is 0 Å². The van der Waals surface area contributed by atoms with Crippen LogP contribution in [0.4, 0.5) is 22.7 Å². The van der Waals surface area contributed by atoms with Gasteiger partial charge in [-0.25, -0.2) is 0 Å². The number of halogens is 2. The smallest absolute Gasteiger partial charge is 0.0560 e.